The second-order valence-corrected chi connectivity index (χ2v) is 6.19. The fraction of sp³-hybridized carbons (Fsp3) is 0.222. The summed E-state index contributed by atoms with van der Waals surface area (Å²) in [6.07, 6.45) is 2.86. The molecule has 0 saturated heterocycles. The maximum absolute atomic E-state index is 4.49. The van der Waals surface area contributed by atoms with Gasteiger partial charge in [0, 0.05) is 30.1 Å². The number of hydrogen-bond acceptors (Lipinski definition) is 3. The van der Waals surface area contributed by atoms with Gasteiger partial charge in [-0.15, -0.1) is 11.3 Å². The molecule has 118 valence electrons. The summed E-state index contributed by atoms with van der Waals surface area (Å²) in [6, 6.07) is 14.6. The zero-order valence-corrected chi connectivity index (χ0v) is 13.9. The van der Waals surface area contributed by atoms with Crippen LogP contribution in [0.5, 0.6) is 0 Å². The van der Waals surface area contributed by atoms with Crippen LogP contribution in [0.1, 0.15) is 10.6 Å². The molecular weight excluding hydrogens is 304 g/mol. The van der Waals surface area contributed by atoms with Crippen LogP contribution in [0.15, 0.2) is 59.0 Å². The van der Waals surface area contributed by atoms with Crippen molar-refractivity contribution in [2.24, 2.45) is 4.99 Å². The first-order chi connectivity index (χ1) is 11.4. The lowest BCUT2D eigenvalue weighted by Crippen LogP contribution is -2.38. The molecule has 5 heteroatoms. The third-order valence-electron chi connectivity index (χ3n) is 3.65. The van der Waals surface area contributed by atoms with Crippen molar-refractivity contribution in [1.29, 1.82) is 0 Å². The zero-order valence-electron chi connectivity index (χ0n) is 13.1. The average Bonchev–Trinajstić information content (AvgIpc) is 3.11. The molecule has 0 unspecified atom stereocenters. The fourth-order valence-corrected chi connectivity index (χ4v) is 3.18. The number of guanidine groups is 1. The van der Waals surface area contributed by atoms with E-state index in [2.05, 4.69) is 50.3 Å². The number of rotatable bonds is 5. The topological polar surface area (TPSA) is 49.3 Å². The molecule has 2 N–H and O–H groups in total. The minimum Gasteiger partial charge on any atom is -0.356 e. The van der Waals surface area contributed by atoms with Crippen LogP contribution in [-0.2, 0) is 13.0 Å². The van der Waals surface area contributed by atoms with E-state index in [4.69, 9.17) is 0 Å². The molecule has 2 aromatic heterocycles. The monoisotopic (exact) mass is 324 g/mol. The first kappa shape index (κ1) is 15.5. The summed E-state index contributed by atoms with van der Waals surface area (Å²) in [4.78, 5) is 10.1. The molecule has 0 aliphatic carbocycles. The van der Waals surface area contributed by atoms with Gasteiger partial charge in [-0.3, -0.25) is 9.98 Å². The van der Waals surface area contributed by atoms with E-state index < -0.39 is 0 Å². The first-order valence-electron chi connectivity index (χ1n) is 7.66. The van der Waals surface area contributed by atoms with Gasteiger partial charge < -0.3 is 10.6 Å². The van der Waals surface area contributed by atoms with Crippen LogP contribution in [0, 0.1) is 0 Å². The van der Waals surface area contributed by atoms with Gasteiger partial charge in [-0.2, -0.15) is 0 Å². The van der Waals surface area contributed by atoms with E-state index >= 15 is 0 Å². The summed E-state index contributed by atoms with van der Waals surface area (Å²) in [7, 11) is 1.79. The maximum atomic E-state index is 4.49. The summed E-state index contributed by atoms with van der Waals surface area (Å²) in [5.41, 5.74) is 1.03. The van der Waals surface area contributed by atoms with Gasteiger partial charge >= 0.3 is 0 Å². The normalized spacial score (nSPS) is 11.6. The number of thiophene rings is 1. The van der Waals surface area contributed by atoms with E-state index in [0.717, 1.165) is 24.6 Å². The van der Waals surface area contributed by atoms with Crippen molar-refractivity contribution in [3.05, 3.63) is 64.6 Å². The van der Waals surface area contributed by atoms with Crippen LogP contribution in [0.25, 0.3) is 10.8 Å². The Kier molecular flexibility index (Phi) is 5.21. The second kappa shape index (κ2) is 7.74. The molecule has 3 aromatic rings. The summed E-state index contributed by atoms with van der Waals surface area (Å²) < 4.78 is 0. The average molecular weight is 324 g/mol. The van der Waals surface area contributed by atoms with Gasteiger partial charge in [-0.05, 0) is 29.3 Å². The van der Waals surface area contributed by atoms with Gasteiger partial charge in [0.15, 0.2) is 5.96 Å². The quantitative estimate of drug-likeness (QED) is 0.560. The van der Waals surface area contributed by atoms with E-state index in [9.17, 15) is 0 Å². The van der Waals surface area contributed by atoms with E-state index in [0.29, 0.717) is 6.54 Å². The van der Waals surface area contributed by atoms with Crippen LogP contribution in [-0.4, -0.2) is 24.5 Å². The fourth-order valence-electron chi connectivity index (χ4n) is 2.47. The van der Waals surface area contributed by atoms with Gasteiger partial charge in [0.25, 0.3) is 0 Å². The number of nitrogens with one attached hydrogen (secondary N) is 2. The number of nitrogens with zero attached hydrogens (tertiary/aromatic N) is 2. The summed E-state index contributed by atoms with van der Waals surface area (Å²) in [5, 5.41) is 11.2. The lowest BCUT2D eigenvalue weighted by atomic mass is 10.1. The highest BCUT2D eigenvalue weighted by atomic mass is 32.1. The second-order valence-electron chi connectivity index (χ2n) is 5.16. The van der Waals surface area contributed by atoms with E-state index in [-0.39, 0.29) is 0 Å². The van der Waals surface area contributed by atoms with E-state index in [1.54, 1.807) is 18.4 Å². The van der Waals surface area contributed by atoms with Crippen LogP contribution in [0.2, 0.25) is 0 Å². The Morgan fingerprint density at radius 2 is 2.04 bits per heavy atom. The molecule has 0 bridgehead atoms. The predicted molar refractivity (Wildman–Crippen MR) is 98.0 cm³/mol. The summed E-state index contributed by atoms with van der Waals surface area (Å²) in [5.74, 6) is 0.802. The third kappa shape index (κ3) is 4.07. The number of aromatic nitrogens is 1. The van der Waals surface area contributed by atoms with Crippen molar-refractivity contribution in [3.63, 3.8) is 0 Å². The van der Waals surface area contributed by atoms with Gasteiger partial charge in [0.1, 0.15) is 0 Å². The van der Waals surface area contributed by atoms with Crippen molar-refractivity contribution < 1.29 is 0 Å². The van der Waals surface area contributed by atoms with Crippen molar-refractivity contribution in [2.45, 2.75) is 13.0 Å². The van der Waals surface area contributed by atoms with Crippen LogP contribution in [0.4, 0.5) is 0 Å². The number of aliphatic imine (C=N–C) groups is 1. The SMILES string of the molecule is CN=C(NCCc1cccs1)NCc1nccc2ccccc12. The third-order valence-corrected chi connectivity index (χ3v) is 4.58. The molecule has 2 heterocycles. The molecule has 0 aliphatic heterocycles. The molecule has 1 aromatic carbocycles. The predicted octanol–water partition coefficient (Wildman–Crippen LogP) is 3.20. The standard InChI is InChI=1S/C18H20N4S/c1-19-18(21-11-9-15-6-4-12-23-15)22-13-17-16-7-3-2-5-14(16)8-10-20-17/h2-8,10,12H,9,11,13H2,1H3,(H2,19,21,22). The van der Waals surface area contributed by atoms with Crippen LogP contribution >= 0.6 is 11.3 Å². The highest BCUT2D eigenvalue weighted by molar-refractivity contribution is 7.09. The largest absolute Gasteiger partial charge is 0.356 e. The van der Waals surface area contributed by atoms with Crippen LogP contribution in [0.3, 0.4) is 0 Å². The van der Waals surface area contributed by atoms with Gasteiger partial charge in [0.2, 0.25) is 0 Å². The Morgan fingerprint density at radius 3 is 2.87 bits per heavy atom. The molecule has 0 spiro atoms. The van der Waals surface area contributed by atoms with Gasteiger partial charge in [-0.1, -0.05) is 30.3 Å². The first-order valence-corrected chi connectivity index (χ1v) is 8.54. The molecule has 0 aliphatic rings. The van der Waals surface area contributed by atoms with Crippen molar-refractivity contribution >= 4 is 28.1 Å². The lowest BCUT2D eigenvalue weighted by Gasteiger charge is -2.12. The number of fused-ring (bicyclic) bond motifs is 1. The Morgan fingerprint density at radius 1 is 1.13 bits per heavy atom. The van der Waals surface area contributed by atoms with Gasteiger partial charge in [-0.25, -0.2) is 0 Å². The van der Waals surface area contributed by atoms with Gasteiger partial charge in [0.05, 0.1) is 12.2 Å². The van der Waals surface area contributed by atoms with E-state index in [1.807, 2.05) is 24.4 Å². The number of pyridine rings is 1. The Bertz CT molecular complexity index is 775. The molecular formula is C18H20N4S. The smallest absolute Gasteiger partial charge is 0.191 e. The van der Waals surface area contributed by atoms with Crippen LogP contribution < -0.4 is 10.6 Å². The highest BCUT2D eigenvalue weighted by Gasteiger charge is 2.03. The number of benzene rings is 1. The molecule has 23 heavy (non-hydrogen) atoms. The lowest BCUT2D eigenvalue weighted by molar-refractivity contribution is 0.791. The highest BCUT2D eigenvalue weighted by Crippen LogP contribution is 2.15. The summed E-state index contributed by atoms with van der Waals surface area (Å²) in [6.45, 7) is 1.52. The van der Waals surface area contributed by atoms with Crippen molar-refractivity contribution in [3.8, 4) is 0 Å². The Labute approximate surface area is 140 Å². The Balaban J connectivity index is 1.57. The Hall–Kier alpha value is -2.40. The molecule has 0 atom stereocenters. The maximum Gasteiger partial charge on any atom is 0.191 e. The molecule has 0 amide bonds. The summed E-state index contributed by atoms with van der Waals surface area (Å²) >= 11 is 1.78. The van der Waals surface area contributed by atoms with E-state index in [1.165, 1.54) is 15.6 Å². The van der Waals surface area contributed by atoms with Crippen molar-refractivity contribution in [1.82, 2.24) is 15.6 Å². The zero-order chi connectivity index (χ0) is 15.9. The molecule has 0 saturated carbocycles. The molecule has 0 fully saturated rings. The molecule has 3 rings (SSSR count). The molecule has 0 radical (unpaired) electrons. The number of hydrogen-bond donors (Lipinski definition) is 2. The minimum absolute atomic E-state index is 0.653. The minimum atomic E-state index is 0.653. The molecule has 4 nitrogen and oxygen atoms in total. The van der Waals surface area contributed by atoms with Crippen molar-refractivity contribution in [2.75, 3.05) is 13.6 Å².